The van der Waals surface area contributed by atoms with Crippen molar-refractivity contribution in [3.05, 3.63) is 75.9 Å². The van der Waals surface area contributed by atoms with Gasteiger partial charge >= 0.3 is 6.09 Å². The van der Waals surface area contributed by atoms with Gasteiger partial charge in [0.05, 0.1) is 25.3 Å². The van der Waals surface area contributed by atoms with Gasteiger partial charge in [0, 0.05) is 36.7 Å². The van der Waals surface area contributed by atoms with E-state index in [0.717, 1.165) is 27.3 Å². The fraction of sp³-hybridized carbons (Fsp3) is 0.357. The molecule has 0 unspecified atom stereocenters. The molecule has 0 fully saturated rings. The van der Waals surface area contributed by atoms with Gasteiger partial charge in [-0.3, -0.25) is 9.78 Å². The molecule has 2 aromatic heterocycles. The van der Waals surface area contributed by atoms with Gasteiger partial charge in [0.1, 0.15) is 16.8 Å². The van der Waals surface area contributed by atoms with Crippen LogP contribution in [0.4, 0.5) is 9.80 Å². The molecule has 3 heterocycles. The van der Waals surface area contributed by atoms with Gasteiger partial charge in [-0.1, -0.05) is 19.1 Å². The molecule has 8 nitrogen and oxygen atoms in total. The van der Waals surface area contributed by atoms with Crippen molar-refractivity contribution in [1.29, 1.82) is 5.26 Å². The lowest BCUT2D eigenvalue weighted by Gasteiger charge is -2.26. The summed E-state index contributed by atoms with van der Waals surface area (Å²) in [5, 5.41) is 13.3. The Hall–Kier alpha value is -3.90. The first-order valence-corrected chi connectivity index (χ1v) is 13.2. The molecule has 1 aliphatic rings. The van der Waals surface area contributed by atoms with Crippen molar-refractivity contribution in [2.75, 3.05) is 25.1 Å². The third-order valence-electron chi connectivity index (χ3n) is 6.28. The number of hydrogen-bond donors (Lipinski definition) is 1. The summed E-state index contributed by atoms with van der Waals surface area (Å²) < 4.78 is 11.0. The molecule has 2 amide bonds. The molecular weight excluding hydrogens is 488 g/mol. The second-order valence-corrected chi connectivity index (χ2v) is 9.98. The van der Waals surface area contributed by atoms with E-state index in [4.69, 9.17) is 9.47 Å². The zero-order chi connectivity index (χ0) is 26.2. The molecule has 0 radical (unpaired) electrons. The van der Waals surface area contributed by atoms with Crippen molar-refractivity contribution in [1.82, 2.24) is 9.88 Å². The number of benzene rings is 1. The second kappa shape index (κ2) is 12.4. The number of amides is 2. The minimum Gasteiger partial charge on any atom is -0.494 e. The van der Waals surface area contributed by atoms with Crippen molar-refractivity contribution in [2.24, 2.45) is 0 Å². The molecule has 0 bridgehead atoms. The van der Waals surface area contributed by atoms with Gasteiger partial charge in [-0.2, -0.15) is 5.26 Å². The molecule has 37 heavy (non-hydrogen) atoms. The number of thiophene rings is 1. The standard InChI is InChI=1S/C28H30N4O4S/c1-3-35-22-6-4-5-21(16-22)19(2)15-26(33)31-27-24(17-29)23-9-13-32(18-25(23)37-27)28(34)36-14-10-20-7-11-30-12-8-20/h4-8,11-12,16,19H,3,9-10,13-15,18H2,1-2H3,(H,31,33)/t19-/m0/s1. The zero-order valence-corrected chi connectivity index (χ0v) is 21.8. The summed E-state index contributed by atoms with van der Waals surface area (Å²) in [5.41, 5.74) is 3.47. The smallest absolute Gasteiger partial charge is 0.410 e. The van der Waals surface area contributed by atoms with Gasteiger partial charge < -0.3 is 19.7 Å². The van der Waals surface area contributed by atoms with E-state index < -0.39 is 0 Å². The Morgan fingerprint density at radius 3 is 2.84 bits per heavy atom. The molecular formula is C28H30N4O4S. The van der Waals surface area contributed by atoms with Crippen LogP contribution in [0.2, 0.25) is 0 Å². The fourth-order valence-corrected chi connectivity index (χ4v) is 5.54. The Morgan fingerprint density at radius 2 is 2.08 bits per heavy atom. The van der Waals surface area contributed by atoms with Crippen LogP contribution in [0, 0.1) is 11.3 Å². The molecule has 3 aromatic rings. The normalized spacial score (nSPS) is 13.3. The van der Waals surface area contributed by atoms with Crippen LogP contribution >= 0.6 is 11.3 Å². The summed E-state index contributed by atoms with van der Waals surface area (Å²) in [6.45, 7) is 5.62. The summed E-state index contributed by atoms with van der Waals surface area (Å²) in [6, 6.07) is 13.8. The number of aromatic nitrogens is 1. The number of anilines is 1. The maximum atomic E-state index is 12.9. The van der Waals surface area contributed by atoms with E-state index in [1.54, 1.807) is 17.3 Å². The van der Waals surface area contributed by atoms with Crippen LogP contribution in [-0.2, 0) is 28.9 Å². The molecule has 1 aliphatic heterocycles. The predicted molar refractivity (Wildman–Crippen MR) is 142 cm³/mol. The van der Waals surface area contributed by atoms with Crippen molar-refractivity contribution in [3.63, 3.8) is 0 Å². The van der Waals surface area contributed by atoms with Crippen LogP contribution in [0.5, 0.6) is 5.75 Å². The molecule has 4 rings (SSSR count). The molecule has 1 atom stereocenters. The highest BCUT2D eigenvalue weighted by molar-refractivity contribution is 7.16. The number of nitriles is 1. The number of nitrogens with one attached hydrogen (secondary N) is 1. The number of fused-ring (bicyclic) bond motifs is 1. The van der Waals surface area contributed by atoms with Gasteiger partial charge in [-0.25, -0.2) is 4.79 Å². The average Bonchev–Trinajstić information content (AvgIpc) is 3.25. The SMILES string of the molecule is CCOc1cccc([C@@H](C)CC(=O)Nc2sc3c(c2C#N)CCN(C(=O)OCCc2ccncc2)C3)c1. The van der Waals surface area contributed by atoms with E-state index in [9.17, 15) is 14.9 Å². The van der Waals surface area contributed by atoms with E-state index in [1.165, 1.54) is 11.3 Å². The second-order valence-electron chi connectivity index (χ2n) is 8.87. The van der Waals surface area contributed by atoms with Crippen LogP contribution in [0.25, 0.3) is 0 Å². The third-order valence-corrected chi connectivity index (χ3v) is 7.41. The number of carbonyl (C=O) groups excluding carboxylic acids is 2. The Morgan fingerprint density at radius 1 is 1.27 bits per heavy atom. The van der Waals surface area contributed by atoms with Gasteiger partial charge in [0.2, 0.25) is 5.91 Å². The lowest BCUT2D eigenvalue weighted by Crippen LogP contribution is -2.36. The molecule has 0 saturated heterocycles. The lowest BCUT2D eigenvalue weighted by atomic mass is 9.97. The maximum absolute atomic E-state index is 12.9. The van der Waals surface area contributed by atoms with Crippen molar-refractivity contribution >= 4 is 28.3 Å². The van der Waals surface area contributed by atoms with Crippen molar-refractivity contribution in [3.8, 4) is 11.8 Å². The first-order chi connectivity index (χ1) is 18.0. The van der Waals surface area contributed by atoms with Crippen LogP contribution in [-0.4, -0.2) is 41.6 Å². The quantitative estimate of drug-likeness (QED) is 0.413. The Labute approximate surface area is 220 Å². The van der Waals surface area contributed by atoms with Gasteiger partial charge in [0.15, 0.2) is 0 Å². The van der Waals surface area contributed by atoms with Crippen molar-refractivity contribution < 1.29 is 19.1 Å². The van der Waals surface area contributed by atoms with Crippen LogP contribution in [0.15, 0.2) is 48.8 Å². The highest BCUT2D eigenvalue weighted by atomic mass is 32.1. The summed E-state index contributed by atoms with van der Waals surface area (Å²) in [7, 11) is 0. The summed E-state index contributed by atoms with van der Waals surface area (Å²) in [6.07, 6.45) is 4.49. The van der Waals surface area contributed by atoms with Crippen LogP contribution in [0.1, 0.15) is 53.3 Å². The van der Waals surface area contributed by atoms with Crippen LogP contribution < -0.4 is 10.1 Å². The van der Waals surface area contributed by atoms with Gasteiger partial charge in [0.25, 0.3) is 0 Å². The average molecular weight is 519 g/mol. The fourth-order valence-electron chi connectivity index (χ4n) is 4.31. The first-order valence-electron chi connectivity index (χ1n) is 12.4. The number of nitrogens with zero attached hydrogens (tertiary/aromatic N) is 3. The summed E-state index contributed by atoms with van der Waals surface area (Å²) in [4.78, 5) is 32.0. The Bertz CT molecular complexity index is 1290. The van der Waals surface area contributed by atoms with Crippen molar-refractivity contribution in [2.45, 2.75) is 45.6 Å². The van der Waals surface area contributed by atoms with E-state index in [-0.39, 0.29) is 30.9 Å². The summed E-state index contributed by atoms with van der Waals surface area (Å²) >= 11 is 1.36. The Kier molecular flexibility index (Phi) is 8.75. The molecule has 0 saturated carbocycles. The Balaban J connectivity index is 1.35. The van der Waals surface area contributed by atoms with Gasteiger partial charge in [-0.15, -0.1) is 11.3 Å². The summed E-state index contributed by atoms with van der Waals surface area (Å²) in [5.74, 6) is 0.611. The number of carbonyl (C=O) groups is 2. The van der Waals surface area contributed by atoms with E-state index in [2.05, 4.69) is 16.4 Å². The van der Waals surface area contributed by atoms with E-state index in [0.29, 0.717) is 43.1 Å². The predicted octanol–water partition coefficient (Wildman–Crippen LogP) is 5.28. The molecule has 1 aromatic carbocycles. The first kappa shape index (κ1) is 26.2. The maximum Gasteiger partial charge on any atom is 0.410 e. The molecule has 1 N–H and O–H groups in total. The monoisotopic (exact) mass is 518 g/mol. The highest BCUT2D eigenvalue weighted by Crippen LogP contribution is 2.37. The molecule has 9 heteroatoms. The highest BCUT2D eigenvalue weighted by Gasteiger charge is 2.28. The van der Waals surface area contributed by atoms with E-state index >= 15 is 0 Å². The largest absolute Gasteiger partial charge is 0.494 e. The molecule has 0 aliphatic carbocycles. The number of pyridine rings is 1. The number of ether oxygens (including phenoxy) is 2. The molecule has 192 valence electrons. The molecule has 0 spiro atoms. The topological polar surface area (TPSA) is 105 Å². The lowest BCUT2D eigenvalue weighted by molar-refractivity contribution is -0.116. The third kappa shape index (κ3) is 6.66. The van der Waals surface area contributed by atoms with Crippen LogP contribution in [0.3, 0.4) is 0 Å². The zero-order valence-electron chi connectivity index (χ0n) is 21.0. The van der Waals surface area contributed by atoms with E-state index in [1.807, 2.05) is 50.2 Å². The van der Waals surface area contributed by atoms with Gasteiger partial charge in [-0.05, 0) is 60.2 Å². The number of hydrogen-bond acceptors (Lipinski definition) is 7. The minimum absolute atomic E-state index is 0.0158. The number of rotatable bonds is 9. The minimum atomic E-state index is -0.375.